The van der Waals surface area contributed by atoms with Crippen molar-refractivity contribution in [2.75, 3.05) is 19.6 Å². The van der Waals surface area contributed by atoms with Gasteiger partial charge in [-0.1, -0.05) is 43.2 Å². The van der Waals surface area contributed by atoms with Crippen molar-refractivity contribution in [3.63, 3.8) is 0 Å². The van der Waals surface area contributed by atoms with E-state index in [0.717, 1.165) is 63.7 Å². The molecule has 3 aliphatic heterocycles. The van der Waals surface area contributed by atoms with E-state index >= 15 is 0 Å². The molecule has 1 amide bonds. The number of carbonyl (C=O) groups is 1. The lowest BCUT2D eigenvalue weighted by Crippen LogP contribution is -2.61. The second kappa shape index (κ2) is 6.49. The maximum Gasteiger partial charge on any atom is 0.257 e. The molecule has 5 rings (SSSR count). The molecule has 4 fully saturated rings. The van der Waals surface area contributed by atoms with Gasteiger partial charge in [-0.15, -0.1) is 0 Å². The van der Waals surface area contributed by atoms with Crippen LogP contribution in [0.25, 0.3) is 0 Å². The first-order valence-electron chi connectivity index (χ1n) is 9.49. The summed E-state index contributed by atoms with van der Waals surface area (Å²) >= 11 is 0. The van der Waals surface area contributed by atoms with E-state index in [-0.39, 0.29) is 17.9 Å². The number of rotatable bonds is 4. The molecular weight excluding hydrogens is 300 g/mol. The van der Waals surface area contributed by atoms with Crippen LogP contribution in [-0.4, -0.2) is 41.6 Å². The number of nitrogens with zero attached hydrogens (tertiary/aromatic N) is 1. The Morgan fingerprint density at radius 2 is 1.75 bits per heavy atom. The van der Waals surface area contributed by atoms with Gasteiger partial charge in [-0.2, -0.15) is 0 Å². The Bertz CT molecular complexity index is 577. The lowest BCUT2D eigenvalue weighted by Gasteiger charge is -2.46. The Balaban J connectivity index is 1.57. The van der Waals surface area contributed by atoms with Crippen molar-refractivity contribution in [3.8, 4) is 0 Å². The number of carbonyl (C=O) groups excluding carboxylic acids is 1. The third-order valence-electron chi connectivity index (χ3n) is 6.48. The van der Waals surface area contributed by atoms with Gasteiger partial charge in [-0.05, 0) is 50.3 Å². The number of aliphatic hydroxyl groups is 1. The summed E-state index contributed by atoms with van der Waals surface area (Å²) in [4.78, 5) is 15.6. The van der Waals surface area contributed by atoms with Crippen LogP contribution in [0.1, 0.15) is 44.1 Å². The minimum atomic E-state index is -1.39. The largest absolute Gasteiger partial charge is 0.375 e. The quantitative estimate of drug-likeness (QED) is 0.891. The first-order chi connectivity index (χ1) is 11.7. The van der Waals surface area contributed by atoms with Gasteiger partial charge in [-0.25, -0.2) is 0 Å². The Labute approximate surface area is 144 Å². The zero-order valence-electron chi connectivity index (χ0n) is 14.3. The molecule has 1 aromatic carbocycles. The smallest absolute Gasteiger partial charge is 0.257 e. The Hall–Kier alpha value is -1.39. The normalized spacial score (nSPS) is 32.5. The lowest BCUT2D eigenvalue weighted by molar-refractivity contribution is -0.149. The summed E-state index contributed by atoms with van der Waals surface area (Å²) in [5.74, 6) is 0.419. The Morgan fingerprint density at radius 3 is 2.33 bits per heavy atom. The first-order valence-corrected chi connectivity index (χ1v) is 9.49. The lowest BCUT2D eigenvalue weighted by atomic mass is 9.78. The zero-order chi connectivity index (χ0) is 16.6. The van der Waals surface area contributed by atoms with Crippen molar-refractivity contribution in [1.82, 2.24) is 10.2 Å². The minimum absolute atomic E-state index is 0.0287. The first kappa shape index (κ1) is 16.1. The van der Waals surface area contributed by atoms with Crippen LogP contribution in [0, 0.1) is 11.8 Å². The number of fused-ring (bicyclic) bond motifs is 3. The van der Waals surface area contributed by atoms with Crippen molar-refractivity contribution in [1.29, 1.82) is 0 Å². The highest BCUT2D eigenvalue weighted by Gasteiger charge is 2.48. The van der Waals surface area contributed by atoms with Crippen LogP contribution in [0.15, 0.2) is 30.3 Å². The molecular formula is C20H28N2O2. The molecule has 2 atom stereocenters. The highest BCUT2D eigenvalue weighted by molar-refractivity contribution is 5.87. The summed E-state index contributed by atoms with van der Waals surface area (Å²) in [5.41, 5.74) is -0.639. The highest BCUT2D eigenvalue weighted by Crippen LogP contribution is 2.41. The van der Waals surface area contributed by atoms with E-state index in [0.29, 0.717) is 5.92 Å². The SMILES string of the molecule is O=C(N[C@H]1CN2CCC1CC2)C(O)(c1ccccc1)C1CCCC1. The monoisotopic (exact) mass is 328 g/mol. The van der Waals surface area contributed by atoms with E-state index in [1.165, 1.54) is 0 Å². The standard InChI is InChI=1S/C20H28N2O2/c23-19(21-18-14-22-12-10-15(18)11-13-22)20(24,17-8-4-5-9-17)16-6-2-1-3-7-16/h1-3,6-7,15,17-18,24H,4-5,8-14H2,(H,21,23)/t18-,20?/m0/s1. The van der Waals surface area contributed by atoms with Crippen molar-refractivity contribution in [3.05, 3.63) is 35.9 Å². The average Bonchev–Trinajstić information content (AvgIpc) is 3.18. The molecule has 2 bridgehead atoms. The molecule has 3 heterocycles. The fourth-order valence-corrected chi connectivity index (χ4v) is 5.00. The molecule has 2 N–H and O–H groups in total. The second-order valence-corrected chi connectivity index (χ2v) is 7.83. The molecule has 4 heteroatoms. The summed E-state index contributed by atoms with van der Waals surface area (Å²) in [5, 5.41) is 14.8. The summed E-state index contributed by atoms with van der Waals surface area (Å²) in [6.07, 6.45) is 6.40. The molecule has 3 saturated heterocycles. The van der Waals surface area contributed by atoms with Crippen molar-refractivity contribution < 1.29 is 9.90 Å². The van der Waals surface area contributed by atoms with Crippen LogP contribution in [-0.2, 0) is 10.4 Å². The van der Waals surface area contributed by atoms with Gasteiger partial charge in [0.1, 0.15) is 0 Å². The molecule has 1 aliphatic carbocycles. The van der Waals surface area contributed by atoms with E-state index in [1.54, 1.807) is 0 Å². The average molecular weight is 328 g/mol. The molecule has 1 unspecified atom stereocenters. The van der Waals surface area contributed by atoms with E-state index in [2.05, 4.69) is 10.2 Å². The van der Waals surface area contributed by atoms with Crippen molar-refractivity contribution in [2.24, 2.45) is 11.8 Å². The topological polar surface area (TPSA) is 52.6 Å². The molecule has 4 nitrogen and oxygen atoms in total. The number of hydrogen-bond acceptors (Lipinski definition) is 3. The fourth-order valence-electron chi connectivity index (χ4n) is 5.00. The number of benzene rings is 1. The molecule has 24 heavy (non-hydrogen) atoms. The molecule has 0 radical (unpaired) electrons. The molecule has 130 valence electrons. The Morgan fingerprint density at radius 1 is 1.08 bits per heavy atom. The van der Waals surface area contributed by atoms with Gasteiger partial charge in [0.2, 0.25) is 0 Å². The third-order valence-corrected chi connectivity index (χ3v) is 6.48. The van der Waals surface area contributed by atoms with Gasteiger partial charge < -0.3 is 15.3 Å². The predicted molar refractivity (Wildman–Crippen MR) is 93.4 cm³/mol. The summed E-state index contributed by atoms with van der Waals surface area (Å²) in [7, 11) is 0. The fraction of sp³-hybridized carbons (Fsp3) is 0.650. The van der Waals surface area contributed by atoms with Gasteiger partial charge in [0.25, 0.3) is 5.91 Å². The maximum atomic E-state index is 13.2. The van der Waals surface area contributed by atoms with Crippen LogP contribution < -0.4 is 5.32 Å². The van der Waals surface area contributed by atoms with Crippen molar-refractivity contribution in [2.45, 2.75) is 50.2 Å². The van der Waals surface area contributed by atoms with Crippen LogP contribution in [0.3, 0.4) is 0 Å². The van der Waals surface area contributed by atoms with Gasteiger partial charge in [0.05, 0.1) is 0 Å². The number of nitrogens with one attached hydrogen (secondary N) is 1. The predicted octanol–water partition coefficient (Wildman–Crippen LogP) is 2.27. The minimum Gasteiger partial charge on any atom is -0.375 e. The molecule has 1 aromatic rings. The van der Waals surface area contributed by atoms with Gasteiger partial charge in [0, 0.05) is 18.5 Å². The van der Waals surface area contributed by atoms with E-state index in [1.807, 2.05) is 30.3 Å². The zero-order valence-corrected chi connectivity index (χ0v) is 14.3. The van der Waals surface area contributed by atoms with Crippen LogP contribution in [0.4, 0.5) is 0 Å². The van der Waals surface area contributed by atoms with Crippen LogP contribution in [0.5, 0.6) is 0 Å². The highest BCUT2D eigenvalue weighted by atomic mass is 16.3. The summed E-state index contributed by atoms with van der Waals surface area (Å²) < 4.78 is 0. The van der Waals surface area contributed by atoms with Gasteiger partial charge in [0.15, 0.2) is 5.60 Å². The molecule has 0 aromatic heterocycles. The van der Waals surface area contributed by atoms with Crippen molar-refractivity contribution >= 4 is 5.91 Å². The van der Waals surface area contributed by atoms with E-state index < -0.39 is 5.60 Å². The molecule has 1 saturated carbocycles. The third kappa shape index (κ3) is 2.76. The van der Waals surface area contributed by atoms with Crippen LogP contribution >= 0.6 is 0 Å². The summed E-state index contributed by atoms with van der Waals surface area (Å²) in [6.45, 7) is 3.25. The van der Waals surface area contributed by atoms with E-state index in [4.69, 9.17) is 0 Å². The molecule has 0 spiro atoms. The van der Waals surface area contributed by atoms with E-state index in [9.17, 15) is 9.90 Å². The van der Waals surface area contributed by atoms with Gasteiger partial charge in [-0.3, -0.25) is 4.79 Å². The second-order valence-electron chi connectivity index (χ2n) is 7.83. The molecule has 4 aliphatic rings. The van der Waals surface area contributed by atoms with Gasteiger partial charge >= 0.3 is 0 Å². The van der Waals surface area contributed by atoms with Crippen LogP contribution in [0.2, 0.25) is 0 Å². The maximum absolute atomic E-state index is 13.2. The summed E-state index contributed by atoms with van der Waals surface area (Å²) in [6, 6.07) is 9.75. The number of amides is 1. The number of piperidine rings is 3. The Kier molecular flexibility index (Phi) is 4.35. The number of hydrogen-bond donors (Lipinski definition) is 2.